The summed E-state index contributed by atoms with van der Waals surface area (Å²) in [7, 11) is 0. The Labute approximate surface area is 103 Å². The minimum absolute atomic E-state index is 0.131. The maximum Gasteiger partial charge on any atom is 0.324 e. The highest BCUT2D eigenvalue weighted by Gasteiger charge is 2.47. The summed E-state index contributed by atoms with van der Waals surface area (Å²) < 4.78 is 1.59. The van der Waals surface area contributed by atoms with Crippen molar-refractivity contribution < 1.29 is 14.5 Å². The van der Waals surface area contributed by atoms with E-state index in [2.05, 4.69) is 0 Å². The predicted octanol–water partition coefficient (Wildman–Crippen LogP) is 0.198. The van der Waals surface area contributed by atoms with E-state index in [1.807, 2.05) is 0 Å². The first kappa shape index (κ1) is 10.5. The minimum Gasteiger partial charge on any atom is -0.504 e. The number of thioether (sulfide) groups is 1. The van der Waals surface area contributed by atoms with Crippen LogP contribution in [-0.2, 0) is 4.79 Å². The van der Waals surface area contributed by atoms with Gasteiger partial charge < -0.3 is 15.7 Å². The second-order valence-corrected chi connectivity index (χ2v) is 5.07. The number of fused-ring (bicyclic) bond motifs is 1. The Kier molecular flexibility index (Phi) is 2.25. The van der Waals surface area contributed by atoms with Gasteiger partial charge in [0.05, 0.1) is 11.6 Å². The Morgan fingerprint density at radius 3 is 3.12 bits per heavy atom. The number of aliphatic hydroxyl groups is 1. The topological polar surface area (TPSA) is 70.4 Å². The van der Waals surface area contributed by atoms with Crippen LogP contribution in [0.4, 0.5) is 5.69 Å². The first-order valence-corrected chi connectivity index (χ1v) is 6.43. The van der Waals surface area contributed by atoms with Gasteiger partial charge in [0, 0.05) is 11.8 Å². The number of anilines is 1. The predicted molar refractivity (Wildman–Crippen MR) is 64.9 cm³/mol. The molecule has 88 valence electrons. The van der Waals surface area contributed by atoms with E-state index in [1.54, 1.807) is 45.8 Å². The van der Waals surface area contributed by atoms with Gasteiger partial charge in [-0.05, 0) is 6.07 Å². The molecule has 17 heavy (non-hydrogen) atoms. The van der Waals surface area contributed by atoms with Gasteiger partial charge in [0.1, 0.15) is 6.04 Å². The molecular formula is C11H12N3O2S+. The third-order valence-electron chi connectivity index (χ3n) is 2.99. The smallest absolute Gasteiger partial charge is 0.324 e. The van der Waals surface area contributed by atoms with E-state index in [4.69, 9.17) is 5.73 Å². The number of amides is 1. The summed E-state index contributed by atoms with van der Waals surface area (Å²) in [5, 5.41) is 10.1. The van der Waals surface area contributed by atoms with Gasteiger partial charge in [-0.3, -0.25) is 4.79 Å². The van der Waals surface area contributed by atoms with Crippen LogP contribution in [0.1, 0.15) is 0 Å². The van der Waals surface area contributed by atoms with Gasteiger partial charge >= 0.3 is 11.6 Å². The molecule has 0 aromatic carbocycles. The van der Waals surface area contributed by atoms with Gasteiger partial charge in [0.25, 0.3) is 0 Å². The molecule has 0 radical (unpaired) electrons. The van der Waals surface area contributed by atoms with E-state index < -0.39 is 0 Å². The van der Waals surface area contributed by atoms with E-state index in [1.165, 1.54) is 0 Å². The van der Waals surface area contributed by atoms with Gasteiger partial charge in [0.2, 0.25) is 0 Å². The molecule has 5 nitrogen and oxygen atoms in total. The molecular weight excluding hydrogens is 238 g/mol. The van der Waals surface area contributed by atoms with E-state index >= 15 is 0 Å². The van der Waals surface area contributed by atoms with Crippen molar-refractivity contribution in [2.75, 3.05) is 17.4 Å². The molecule has 1 aromatic heterocycles. The normalized spacial score (nSPS) is 23.4. The number of nitrogen functional groups attached to an aromatic ring is 1. The Balaban J connectivity index is 2.08. The average Bonchev–Trinajstić information content (AvgIpc) is 2.84. The number of nitrogens with two attached hydrogens (primary N) is 1. The van der Waals surface area contributed by atoms with Crippen LogP contribution < -0.4 is 10.3 Å². The second-order valence-electron chi connectivity index (χ2n) is 4.07. The summed E-state index contributed by atoms with van der Waals surface area (Å²) in [4.78, 5) is 13.8. The fourth-order valence-electron chi connectivity index (χ4n) is 2.15. The molecule has 0 aliphatic carbocycles. The Morgan fingerprint density at radius 2 is 2.41 bits per heavy atom. The molecule has 1 saturated heterocycles. The first-order chi connectivity index (χ1) is 8.18. The maximum atomic E-state index is 12.1. The maximum absolute atomic E-state index is 12.1. The van der Waals surface area contributed by atoms with Crippen molar-refractivity contribution in [3.8, 4) is 0 Å². The van der Waals surface area contributed by atoms with E-state index in [9.17, 15) is 9.90 Å². The zero-order valence-corrected chi connectivity index (χ0v) is 9.85. The highest BCUT2D eigenvalue weighted by Crippen LogP contribution is 2.33. The second kappa shape index (κ2) is 3.66. The summed E-state index contributed by atoms with van der Waals surface area (Å²) in [6, 6.07) is 3.32. The van der Waals surface area contributed by atoms with Crippen LogP contribution in [0.2, 0.25) is 0 Å². The lowest BCUT2D eigenvalue weighted by Gasteiger charge is -2.11. The van der Waals surface area contributed by atoms with Crippen molar-refractivity contribution >= 4 is 29.1 Å². The monoisotopic (exact) mass is 250 g/mol. The van der Waals surface area contributed by atoms with Crippen LogP contribution >= 0.6 is 11.8 Å². The lowest BCUT2D eigenvalue weighted by Crippen LogP contribution is -2.39. The average molecular weight is 250 g/mol. The molecule has 1 fully saturated rings. The molecule has 3 rings (SSSR count). The van der Waals surface area contributed by atoms with Crippen molar-refractivity contribution in [1.82, 2.24) is 4.90 Å². The third-order valence-corrected chi connectivity index (χ3v) is 4.00. The van der Waals surface area contributed by atoms with Gasteiger partial charge in [-0.25, -0.2) is 0 Å². The Bertz CT molecular complexity index is 529. The lowest BCUT2D eigenvalue weighted by atomic mass is 10.3. The van der Waals surface area contributed by atoms with Gasteiger partial charge in [0.15, 0.2) is 18.2 Å². The molecule has 0 saturated carbocycles. The number of rotatable bonds is 1. The van der Waals surface area contributed by atoms with Crippen LogP contribution in [-0.4, -0.2) is 33.6 Å². The van der Waals surface area contributed by atoms with Crippen molar-refractivity contribution in [2.24, 2.45) is 0 Å². The summed E-state index contributed by atoms with van der Waals surface area (Å²) in [6.45, 7) is 0. The zero-order valence-electron chi connectivity index (χ0n) is 9.04. The molecule has 3 heterocycles. The molecule has 1 aromatic rings. The Hall–Kier alpha value is -1.69. The number of carbonyl (C=O) groups is 1. The number of hydrogen-bond acceptors (Lipinski definition) is 4. The van der Waals surface area contributed by atoms with Crippen molar-refractivity contribution in [2.45, 2.75) is 6.04 Å². The van der Waals surface area contributed by atoms with Crippen LogP contribution in [0.25, 0.3) is 5.70 Å². The molecule has 1 unspecified atom stereocenters. The van der Waals surface area contributed by atoms with Crippen molar-refractivity contribution in [3.63, 3.8) is 0 Å². The number of pyridine rings is 1. The quantitative estimate of drug-likeness (QED) is 0.698. The largest absolute Gasteiger partial charge is 0.504 e. The molecule has 2 aliphatic rings. The number of nitrogens with zero attached hydrogens (tertiary/aromatic N) is 2. The number of hydrogen-bond donors (Lipinski definition) is 2. The molecule has 0 bridgehead atoms. The minimum atomic E-state index is -0.170. The number of aliphatic hydroxyl groups excluding tert-OH is 1. The van der Waals surface area contributed by atoms with E-state index in [0.29, 0.717) is 17.3 Å². The van der Waals surface area contributed by atoms with Crippen LogP contribution in [0.3, 0.4) is 0 Å². The molecule has 2 aliphatic heterocycles. The molecule has 1 atom stereocenters. The molecule has 3 N–H and O–H groups in total. The van der Waals surface area contributed by atoms with Crippen LogP contribution in [0, 0.1) is 0 Å². The van der Waals surface area contributed by atoms with Crippen molar-refractivity contribution in [3.05, 3.63) is 30.3 Å². The van der Waals surface area contributed by atoms with Crippen molar-refractivity contribution in [1.29, 1.82) is 0 Å². The van der Waals surface area contributed by atoms with Crippen LogP contribution in [0.5, 0.6) is 0 Å². The first-order valence-electron chi connectivity index (χ1n) is 5.27. The highest BCUT2D eigenvalue weighted by molar-refractivity contribution is 7.99. The SMILES string of the molecule is Nc1ccc[n+](C2=C(O)C3CSCN3C2=O)c1. The number of carbonyl (C=O) groups excluding carboxylic acids is 1. The fraction of sp³-hybridized carbons (Fsp3) is 0.273. The summed E-state index contributed by atoms with van der Waals surface area (Å²) in [5.41, 5.74) is 6.56. The zero-order chi connectivity index (χ0) is 12.0. The summed E-state index contributed by atoms with van der Waals surface area (Å²) in [5.74, 6) is 1.41. The van der Waals surface area contributed by atoms with Gasteiger partial charge in [-0.1, -0.05) is 0 Å². The van der Waals surface area contributed by atoms with E-state index in [-0.39, 0.29) is 17.7 Å². The summed E-state index contributed by atoms with van der Waals surface area (Å²) >= 11 is 1.65. The standard InChI is InChI=1S/C11H11N3O2S/c12-7-2-1-3-13(4-7)9-10(15)8-5-17-6-14(8)11(9)16/h1-4,8H,5-6,12H2/p+1. The molecule has 6 heteroatoms. The highest BCUT2D eigenvalue weighted by atomic mass is 32.2. The molecule has 1 amide bonds. The third kappa shape index (κ3) is 1.48. The molecule has 0 spiro atoms. The van der Waals surface area contributed by atoms with E-state index in [0.717, 1.165) is 5.75 Å². The van der Waals surface area contributed by atoms with Gasteiger partial charge in [-0.2, -0.15) is 4.57 Å². The number of aromatic nitrogens is 1. The fourth-order valence-corrected chi connectivity index (χ4v) is 3.31. The van der Waals surface area contributed by atoms with Gasteiger partial charge in [-0.15, -0.1) is 11.8 Å². The lowest BCUT2D eigenvalue weighted by molar-refractivity contribution is -0.578. The van der Waals surface area contributed by atoms with Crippen LogP contribution in [0.15, 0.2) is 30.3 Å². The Morgan fingerprint density at radius 1 is 1.59 bits per heavy atom. The summed E-state index contributed by atoms with van der Waals surface area (Å²) in [6.07, 6.45) is 3.36.